The Balaban J connectivity index is 1.72. The van der Waals surface area contributed by atoms with E-state index in [1.165, 1.54) is 17.0 Å². The second-order valence-corrected chi connectivity index (χ2v) is 5.56. The van der Waals surface area contributed by atoms with Crippen molar-refractivity contribution >= 4 is 11.8 Å². The predicted molar refractivity (Wildman–Crippen MR) is 80.0 cm³/mol. The minimum Gasteiger partial charge on any atom is -0.309 e. The standard InChI is InChI=1S/C16H18FNS/c1-13(14-7-9-15(17)10-8-14)18-11-12-19-16-5-3-2-4-6-16/h2-10,13,18H,11-12H2,1H3/t13-/m0/s1. The second kappa shape index (κ2) is 7.31. The summed E-state index contributed by atoms with van der Waals surface area (Å²) in [6, 6.07) is 17.3. The van der Waals surface area contributed by atoms with Gasteiger partial charge in [-0.3, -0.25) is 0 Å². The van der Waals surface area contributed by atoms with Gasteiger partial charge in [0.1, 0.15) is 5.82 Å². The van der Waals surface area contributed by atoms with Crippen molar-refractivity contribution in [1.29, 1.82) is 0 Å². The van der Waals surface area contributed by atoms with Crippen molar-refractivity contribution in [3.8, 4) is 0 Å². The Kier molecular flexibility index (Phi) is 5.43. The van der Waals surface area contributed by atoms with E-state index in [1.807, 2.05) is 30.0 Å². The molecular formula is C16H18FNS. The van der Waals surface area contributed by atoms with Crippen LogP contribution in [0.15, 0.2) is 59.5 Å². The average Bonchev–Trinajstić information content (AvgIpc) is 2.45. The lowest BCUT2D eigenvalue weighted by molar-refractivity contribution is 0.594. The molecule has 0 spiro atoms. The molecule has 1 nitrogen and oxygen atoms in total. The largest absolute Gasteiger partial charge is 0.309 e. The molecule has 0 aliphatic carbocycles. The first kappa shape index (κ1) is 14.1. The van der Waals surface area contributed by atoms with Crippen molar-refractivity contribution in [2.75, 3.05) is 12.3 Å². The fourth-order valence-corrected chi connectivity index (χ4v) is 2.64. The third kappa shape index (κ3) is 4.69. The monoisotopic (exact) mass is 275 g/mol. The molecule has 0 unspecified atom stereocenters. The summed E-state index contributed by atoms with van der Waals surface area (Å²) in [6.07, 6.45) is 0. The lowest BCUT2D eigenvalue weighted by atomic mass is 10.1. The van der Waals surface area contributed by atoms with Gasteiger partial charge in [0.15, 0.2) is 0 Å². The van der Waals surface area contributed by atoms with Crippen molar-refractivity contribution < 1.29 is 4.39 Å². The second-order valence-electron chi connectivity index (χ2n) is 4.39. The van der Waals surface area contributed by atoms with Crippen LogP contribution in [0, 0.1) is 5.82 Å². The summed E-state index contributed by atoms with van der Waals surface area (Å²) >= 11 is 1.84. The van der Waals surface area contributed by atoms with Crippen molar-refractivity contribution in [3.05, 3.63) is 66.0 Å². The van der Waals surface area contributed by atoms with E-state index in [2.05, 4.69) is 36.5 Å². The Morgan fingerprint density at radius 2 is 1.74 bits per heavy atom. The summed E-state index contributed by atoms with van der Waals surface area (Å²) in [5.41, 5.74) is 1.12. The van der Waals surface area contributed by atoms with Gasteiger partial charge in [-0.2, -0.15) is 0 Å². The van der Waals surface area contributed by atoms with Gasteiger partial charge in [-0.15, -0.1) is 11.8 Å². The molecule has 0 aliphatic rings. The minimum atomic E-state index is -0.185. The molecule has 0 saturated carbocycles. The summed E-state index contributed by atoms with van der Waals surface area (Å²) in [5.74, 6) is 0.839. The molecule has 2 aromatic carbocycles. The molecule has 0 radical (unpaired) electrons. The Labute approximate surface area is 118 Å². The molecule has 0 aromatic heterocycles. The van der Waals surface area contributed by atoms with Gasteiger partial charge in [0, 0.05) is 23.2 Å². The normalized spacial score (nSPS) is 12.3. The van der Waals surface area contributed by atoms with E-state index in [1.54, 1.807) is 0 Å². The Hall–Kier alpha value is -1.32. The fourth-order valence-electron chi connectivity index (χ4n) is 1.83. The predicted octanol–water partition coefficient (Wildman–Crippen LogP) is 4.27. The molecule has 0 fully saturated rings. The number of thioether (sulfide) groups is 1. The first-order valence-electron chi connectivity index (χ1n) is 6.42. The molecule has 1 atom stereocenters. The zero-order chi connectivity index (χ0) is 13.5. The first-order chi connectivity index (χ1) is 9.25. The van der Waals surface area contributed by atoms with Crippen LogP contribution >= 0.6 is 11.8 Å². The Morgan fingerprint density at radius 3 is 2.42 bits per heavy atom. The number of nitrogens with one attached hydrogen (secondary N) is 1. The van der Waals surface area contributed by atoms with Gasteiger partial charge >= 0.3 is 0 Å². The minimum absolute atomic E-state index is 0.185. The summed E-state index contributed by atoms with van der Waals surface area (Å²) in [5, 5.41) is 3.45. The third-order valence-electron chi connectivity index (χ3n) is 2.93. The summed E-state index contributed by atoms with van der Waals surface area (Å²) in [6.45, 7) is 3.03. The summed E-state index contributed by atoms with van der Waals surface area (Å²) < 4.78 is 12.8. The van der Waals surface area contributed by atoms with Gasteiger partial charge < -0.3 is 5.32 Å². The van der Waals surface area contributed by atoms with Gasteiger partial charge in [-0.25, -0.2) is 4.39 Å². The van der Waals surface area contributed by atoms with E-state index in [0.717, 1.165) is 17.9 Å². The molecule has 0 heterocycles. The number of hydrogen-bond acceptors (Lipinski definition) is 2. The highest BCUT2D eigenvalue weighted by atomic mass is 32.2. The lowest BCUT2D eigenvalue weighted by Crippen LogP contribution is -2.21. The number of benzene rings is 2. The van der Waals surface area contributed by atoms with E-state index in [9.17, 15) is 4.39 Å². The van der Waals surface area contributed by atoms with Gasteiger partial charge in [-0.1, -0.05) is 30.3 Å². The van der Waals surface area contributed by atoms with Crippen LogP contribution in [0.5, 0.6) is 0 Å². The van der Waals surface area contributed by atoms with Gasteiger partial charge in [0.25, 0.3) is 0 Å². The molecule has 0 amide bonds. The SMILES string of the molecule is C[C@H](NCCSc1ccccc1)c1ccc(F)cc1. The third-order valence-corrected chi connectivity index (χ3v) is 3.95. The van der Waals surface area contributed by atoms with Gasteiger partial charge in [0.2, 0.25) is 0 Å². The van der Waals surface area contributed by atoms with E-state index >= 15 is 0 Å². The lowest BCUT2D eigenvalue weighted by Gasteiger charge is -2.14. The van der Waals surface area contributed by atoms with Crippen molar-refractivity contribution in [3.63, 3.8) is 0 Å². The molecule has 0 saturated heterocycles. The smallest absolute Gasteiger partial charge is 0.123 e. The van der Waals surface area contributed by atoms with Crippen LogP contribution in [0.2, 0.25) is 0 Å². The van der Waals surface area contributed by atoms with Gasteiger partial charge in [0.05, 0.1) is 0 Å². The van der Waals surface area contributed by atoms with Crippen LogP contribution in [0.4, 0.5) is 4.39 Å². The molecule has 1 N–H and O–H groups in total. The van der Waals surface area contributed by atoms with Crippen molar-refractivity contribution in [1.82, 2.24) is 5.32 Å². The maximum absolute atomic E-state index is 12.8. The van der Waals surface area contributed by atoms with E-state index in [0.29, 0.717) is 0 Å². The average molecular weight is 275 g/mol. The highest BCUT2D eigenvalue weighted by Crippen LogP contribution is 2.17. The maximum Gasteiger partial charge on any atom is 0.123 e. The zero-order valence-corrected chi connectivity index (χ0v) is 11.8. The topological polar surface area (TPSA) is 12.0 Å². The first-order valence-corrected chi connectivity index (χ1v) is 7.41. The van der Waals surface area contributed by atoms with Crippen molar-refractivity contribution in [2.24, 2.45) is 0 Å². The van der Waals surface area contributed by atoms with Crippen molar-refractivity contribution in [2.45, 2.75) is 17.9 Å². The van der Waals surface area contributed by atoms with Crippen LogP contribution in [-0.4, -0.2) is 12.3 Å². The molecule has 0 aliphatic heterocycles. The van der Waals surface area contributed by atoms with E-state index < -0.39 is 0 Å². The van der Waals surface area contributed by atoms with E-state index in [4.69, 9.17) is 0 Å². The van der Waals surface area contributed by atoms with Gasteiger partial charge in [-0.05, 0) is 36.8 Å². The molecular weight excluding hydrogens is 257 g/mol. The Bertz CT molecular complexity index is 484. The van der Waals surface area contributed by atoms with E-state index in [-0.39, 0.29) is 11.9 Å². The molecule has 0 bridgehead atoms. The number of rotatable bonds is 6. The van der Waals surface area contributed by atoms with Crippen LogP contribution in [0.25, 0.3) is 0 Å². The fraction of sp³-hybridized carbons (Fsp3) is 0.250. The molecule has 19 heavy (non-hydrogen) atoms. The van der Waals surface area contributed by atoms with Crippen LogP contribution in [0.1, 0.15) is 18.5 Å². The summed E-state index contributed by atoms with van der Waals surface area (Å²) in [4.78, 5) is 1.29. The van der Waals surface area contributed by atoms with Crippen LogP contribution in [-0.2, 0) is 0 Å². The number of halogens is 1. The maximum atomic E-state index is 12.8. The quantitative estimate of drug-likeness (QED) is 0.624. The molecule has 2 aromatic rings. The zero-order valence-electron chi connectivity index (χ0n) is 11.0. The molecule has 100 valence electrons. The molecule has 2 rings (SSSR count). The highest BCUT2D eigenvalue weighted by Gasteiger charge is 2.04. The number of hydrogen-bond donors (Lipinski definition) is 1. The van der Waals surface area contributed by atoms with Crippen LogP contribution in [0.3, 0.4) is 0 Å². The summed E-state index contributed by atoms with van der Waals surface area (Å²) in [7, 11) is 0. The highest BCUT2D eigenvalue weighted by molar-refractivity contribution is 7.99. The molecule has 3 heteroatoms. The van der Waals surface area contributed by atoms with Crippen LogP contribution < -0.4 is 5.32 Å². The Morgan fingerprint density at radius 1 is 1.05 bits per heavy atom.